The standard InChI is InChI=1S/C22H46N2/c1-8-10-11-14-22(7,9-2)21(18(3)4)23-19(5)17-20(6)24-15-12-13-16-24/h18-21,23H,8-17H2,1-7H3. The summed E-state index contributed by atoms with van der Waals surface area (Å²) in [7, 11) is 0. The first-order valence-corrected chi connectivity index (χ1v) is 10.8. The lowest BCUT2D eigenvalue weighted by molar-refractivity contribution is 0.125. The van der Waals surface area contributed by atoms with Gasteiger partial charge in [-0.15, -0.1) is 0 Å². The molecule has 0 amide bonds. The minimum atomic E-state index is 0.425. The molecular formula is C22H46N2. The van der Waals surface area contributed by atoms with Gasteiger partial charge < -0.3 is 10.2 Å². The number of hydrogen-bond donors (Lipinski definition) is 1. The fourth-order valence-electron chi connectivity index (χ4n) is 4.75. The van der Waals surface area contributed by atoms with Gasteiger partial charge in [0.15, 0.2) is 0 Å². The molecule has 4 atom stereocenters. The summed E-state index contributed by atoms with van der Waals surface area (Å²) in [5.41, 5.74) is 0.425. The predicted molar refractivity (Wildman–Crippen MR) is 109 cm³/mol. The van der Waals surface area contributed by atoms with Crippen molar-refractivity contribution in [1.29, 1.82) is 0 Å². The maximum Gasteiger partial charge on any atom is 0.0146 e. The molecule has 0 aliphatic carbocycles. The van der Waals surface area contributed by atoms with E-state index in [4.69, 9.17) is 0 Å². The number of likely N-dealkylation sites (tertiary alicyclic amines) is 1. The summed E-state index contributed by atoms with van der Waals surface area (Å²) in [5, 5.41) is 4.06. The number of unbranched alkanes of at least 4 members (excludes halogenated alkanes) is 2. The molecule has 0 radical (unpaired) electrons. The lowest BCUT2D eigenvalue weighted by Crippen LogP contribution is -2.51. The van der Waals surface area contributed by atoms with Crippen molar-refractivity contribution in [3.05, 3.63) is 0 Å². The molecule has 1 heterocycles. The van der Waals surface area contributed by atoms with Crippen LogP contribution in [0.3, 0.4) is 0 Å². The van der Waals surface area contributed by atoms with E-state index in [9.17, 15) is 0 Å². The van der Waals surface area contributed by atoms with E-state index in [1.165, 1.54) is 64.5 Å². The van der Waals surface area contributed by atoms with Crippen LogP contribution >= 0.6 is 0 Å². The molecule has 144 valence electrons. The molecule has 0 spiro atoms. The summed E-state index contributed by atoms with van der Waals surface area (Å²) in [6.45, 7) is 19.5. The molecule has 1 rings (SSSR count). The van der Waals surface area contributed by atoms with Gasteiger partial charge >= 0.3 is 0 Å². The third-order valence-electron chi connectivity index (χ3n) is 6.50. The van der Waals surface area contributed by atoms with Gasteiger partial charge in [0.2, 0.25) is 0 Å². The molecule has 2 heteroatoms. The highest BCUT2D eigenvalue weighted by Crippen LogP contribution is 2.36. The van der Waals surface area contributed by atoms with E-state index in [0.717, 1.165) is 6.04 Å². The highest BCUT2D eigenvalue weighted by molar-refractivity contribution is 4.91. The van der Waals surface area contributed by atoms with Crippen molar-refractivity contribution in [3.8, 4) is 0 Å². The highest BCUT2D eigenvalue weighted by Gasteiger charge is 2.35. The van der Waals surface area contributed by atoms with Gasteiger partial charge in [0.25, 0.3) is 0 Å². The zero-order valence-corrected chi connectivity index (χ0v) is 17.8. The van der Waals surface area contributed by atoms with Crippen molar-refractivity contribution in [3.63, 3.8) is 0 Å². The molecule has 0 aromatic carbocycles. The predicted octanol–water partition coefficient (Wildman–Crippen LogP) is 5.86. The summed E-state index contributed by atoms with van der Waals surface area (Å²) < 4.78 is 0. The SMILES string of the molecule is CCCCCC(C)(CC)C(NC(C)CC(C)N1CCCC1)C(C)C. The average molecular weight is 339 g/mol. The Morgan fingerprint density at radius 1 is 1.00 bits per heavy atom. The van der Waals surface area contributed by atoms with Crippen molar-refractivity contribution in [2.24, 2.45) is 11.3 Å². The molecule has 0 saturated carbocycles. The minimum absolute atomic E-state index is 0.425. The lowest BCUT2D eigenvalue weighted by atomic mass is 9.71. The number of rotatable bonds is 12. The van der Waals surface area contributed by atoms with Gasteiger partial charge in [0.1, 0.15) is 0 Å². The third kappa shape index (κ3) is 6.67. The molecule has 4 unspecified atom stereocenters. The maximum atomic E-state index is 4.06. The smallest absolute Gasteiger partial charge is 0.0146 e. The van der Waals surface area contributed by atoms with Crippen LogP contribution in [0.25, 0.3) is 0 Å². The van der Waals surface area contributed by atoms with Gasteiger partial charge in [-0.1, -0.05) is 53.9 Å². The number of hydrogen-bond acceptors (Lipinski definition) is 2. The van der Waals surface area contributed by atoms with E-state index < -0.39 is 0 Å². The molecule has 1 aliphatic heterocycles. The van der Waals surface area contributed by atoms with Crippen LogP contribution in [0.2, 0.25) is 0 Å². The Kier molecular flexibility index (Phi) is 9.89. The molecule has 0 aromatic heterocycles. The fraction of sp³-hybridized carbons (Fsp3) is 1.00. The van der Waals surface area contributed by atoms with Crippen molar-refractivity contribution in [2.75, 3.05) is 13.1 Å². The van der Waals surface area contributed by atoms with Crippen LogP contribution < -0.4 is 5.32 Å². The molecule has 1 fully saturated rings. The minimum Gasteiger partial charge on any atom is -0.311 e. The highest BCUT2D eigenvalue weighted by atomic mass is 15.2. The Hall–Kier alpha value is -0.0800. The van der Waals surface area contributed by atoms with Gasteiger partial charge in [-0.05, 0) is 70.4 Å². The van der Waals surface area contributed by atoms with Crippen LogP contribution in [-0.2, 0) is 0 Å². The van der Waals surface area contributed by atoms with E-state index in [1.807, 2.05) is 0 Å². The van der Waals surface area contributed by atoms with E-state index in [2.05, 4.69) is 58.7 Å². The van der Waals surface area contributed by atoms with Crippen LogP contribution in [-0.4, -0.2) is 36.1 Å². The van der Waals surface area contributed by atoms with Crippen molar-refractivity contribution < 1.29 is 0 Å². The number of nitrogens with one attached hydrogen (secondary N) is 1. The molecule has 24 heavy (non-hydrogen) atoms. The summed E-state index contributed by atoms with van der Waals surface area (Å²) in [4.78, 5) is 2.68. The van der Waals surface area contributed by atoms with Crippen molar-refractivity contribution in [2.45, 2.75) is 118 Å². The van der Waals surface area contributed by atoms with Crippen LogP contribution in [0.5, 0.6) is 0 Å². The van der Waals surface area contributed by atoms with Crippen molar-refractivity contribution >= 4 is 0 Å². The Labute approximate surface area is 153 Å². The largest absolute Gasteiger partial charge is 0.311 e. The molecule has 1 N–H and O–H groups in total. The molecule has 2 nitrogen and oxygen atoms in total. The van der Waals surface area contributed by atoms with Crippen LogP contribution in [0, 0.1) is 11.3 Å². The van der Waals surface area contributed by atoms with Crippen LogP contribution in [0.4, 0.5) is 0 Å². The first kappa shape index (κ1) is 22.0. The molecular weight excluding hydrogens is 292 g/mol. The Balaban J connectivity index is 2.61. The van der Waals surface area contributed by atoms with Gasteiger partial charge in [-0.3, -0.25) is 0 Å². The van der Waals surface area contributed by atoms with E-state index in [0.29, 0.717) is 23.4 Å². The summed E-state index contributed by atoms with van der Waals surface area (Å²) in [5.74, 6) is 0.695. The summed E-state index contributed by atoms with van der Waals surface area (Å²) in [6, 6.07) is 1.95. The van der Waals surface area contributed by atoms with Crippen LogP contribution in [0.15, 0.2) is 0 Å². The van der Waals surface area contributed by atoms with E-state index in [1.54, 1.807) is 0 Å². The zero-order chi connectivity index (χ0) is 18.2. The Morgan fingerprint density at radius 2 is 1.62 bits per heavy atom. The van der Waals surface area contributed by atoms with Gasteiger partial charge in [0.05, 0.1) is 0 Å². The second-order valence-electron chi connectivity index (χ2n) is 9.08. The third-order valence-corrected chi connectivity index (χ3v) is 6.50. The Morgan fingerprint density at radius 3 is 2.12 bits per heavy atom. The Bertz CT molecular complexity index is 322. The van der Waals surface area contributed by atoms with Crippen LogP contribution in [0.1, 0.15) is 99.8 Å². The summed E-state index contributed by atoms with van der Waals surface area (Å²) in [6.07, 6.45) is 10.8. The van der Waals surface area contributed by atoms with E-state index >= 15 is 0 Å². The second kappa shape index (κ2) is 10.8. The molecule has 0 bridgehead atoms. The molecule has 1 saturated heterocycles. The van der Waals surface area contributed by atoms with Crippen molar-refractivity contribution in [1.82, 2.24) is 10.2 Å². The topological polar surface area (TPSA) is 15.3 Å². The molecule has 0 aromatic rings. The first-order chi connectivity index (χ1) is 11.3. The second-order valence-corrected chi connectivity index (χ2v) is 9.08. The van der Waals surface area contributed by atoms with Gasteiger partial charge in [-0.25, -0.2) is 0 Å². The number of nitrogens with zero attached hydrogens (tertiary/aromatic N) is 1. The normalized spacial score (nSPS) is 22.5. The maximum absolute atomic E-state index is 4.06. The monoisotopic (exact) mass is 338 g/mol. The summed E-state index contributed by atoms with van der Waals surface area (Å²) >= 11 is 0. The van der Waals surface area contributed by atoms with E-state index in [-0.39, 0.29) is 0 Å². The van der Waals surface area contributed by atoms with Gasteiger partial charge in [-0.2, -0.15) is 0 Å². The van der Waals surface area contributed by atoms with Gasteiger partial charge in [0, 0.05) is 18.1 Å². The molecule has 1 aliphatic rings. The zero-order valence-electron chi connectivity index (χ0n) is 17.8. The quantitative estimate of drug-likeness (QED) is 0.448. The average Bonchev–Trinajstić information content (AvgIpc) is 3.07. The first-order valence-electron chi connectivity index (χ1n) is 10.8. The lowest BCUT2D eigenvalue weighted by Gasteiger charge is -2.43. The fourth-order valence-corrected chi connectivity index (χ4v) is 4.75.